The summed E-state index contributed by atoms with van der Waals surface area (Å²) in [6.07, 6.45) is 0.400. The Kier molecular flexibility index (Phi) is 5.94. The highest BCUT2D eigenvalue weighted by Gasteiger charge is 2.39. The molecule has 0 saturated carbocycles. The van der Waals surface area contributed by atoms with Gasteiger partial charge in [0.25, 0.3) is 0 Å². The number of amides is 2. The molecule has 1 aromatic rings. The molecule has 2 rings (SSSR count). The fourth-order valence-electron chi connectivity index (χ4n) is 2.73. The average Bonchev–Trinajstić information content (AvgIpc) is 2.56. The molecule has 1 saturated heterocycles. The van der Waals surface area contributed by atoms with Gasteiger partial charge in [0.2, 0.25) is 11.8 Å². The first-order chi connectivity index (χ1) is 11.3. The number of rotatable bonds is 5. The largest absolute Gasteiger partial charge is 0.355 e. The van der Waals surface area contributed by atoms with Crippen molar-refractivity contribution >= 4 is 11.8 Å². The summed E-state index contributed by atoms with van der Waals surface area (Å²) in [6, 6.07) is 6.50. The van der Waals surface area contributed by atoms with Crippen LogP contribution in [0.3, 0.4) is 0 Å². The van der Waals surface area contributed by atoms with Crippen LogP contribution in [-0.4, -0.2) is 61.4 Å². The zero-order chi connectivity index (χ0) is 17.7. The summed E-state index contributed by atoms with van der Waals surface area (Å²) in [5.41, 5.74) is -0.563. The van der Waals surface area contributed by atoms with Crippen LogP contribution in [0, 0.1) is 11.2 Å². The van der Waals surface area contributed by atoms with Crippen molar-refractivity contribution in [2.45, 2.75) is 20.3 Å². The van der Waals surface area contributed by atoms with E-state index in [0.29, 0.717) is 31.6 Å². The SMILES string of the molecule is CN1CCN(C(=O)C(C)(C)C(=O)NCCc2ccccc2F)CC1. The van der Waals surface area contributed by atoms with Crippen LogP contribution >= 0.6 is 0 Å². The van der Waals surface area contributed by atoms with E-state index < -0.39 is 5.41 Å². The van der Waals surface area contributed by atoms with E-state index in [9.17, 15) is 14.0 Å². The Bertz CT molecular complexity index is 596. The van der Waals surface area contributed by atoms with Gasteiger partial charge >= 0.3 is 0 Å². The molecule has 0 bridgehead atoms. The summed E-state index contributed by atoms with van der Waals surface area (Å²) in [4.78, 5) is 29.0. The van der Waals surface area contributed by atoms with Crippen LogP contribution in [0.2, 0.25) is 0 Å². The molecule has 0 atom stereocenters. The number of piperazine rings is 1. The fourth-order valence-corrected chi connectivity index (χ4v) is 2.73. The van der Waals surface area contributed by atoms with Gasteiger partial charge in [0.1, 0.15) is 11.2 Å². The first-order valence-corrected chi connectivity index (χ1v) is 8.32. The Morgan fingerprint density at radius 2 is 1.79 bits per heavy atom. The summed E-state index contributed by atoms with van der Waals surface area (Å²) in [6.45, 7) is 6.51. The first kappa shape index (κ1) is 18.4. The van der Waals surface area contributed by atoms with Crippen molar-refractivity contribution in [3.63, 3.8) is 0 Å². The first-order valence-electron chi connectivity index (χ1n) is 8.32. The van der Waals surface area contributed by atoms with Crippen molar-refractivity contribution < 1.29 is 14.0 Å². The van der Waals surface area contributed by atoms with Gasteiger partial charge in [0, 0.05) is 32.7 Å². The van der Waals surface area contributed by atoms with Crippen LogP contribution < -0.4 is 5.32 Å². The van der Waals surface area contributed by atoms with Crippen molar-refractivity contribution in [3.8, 4) is 0 Å². The van der Waals surface area contributed by atoms with E-state index in [2.05, 4.69) is 10.2 Å². The Morgan fingerprint density at radius 3 is 2.42 bits per heavy atom. The molecule has 1 heterocycles. The molecular weight excluding hydrogens is 309 g/mol. The normalized spacial score (nSPS) is 16.1. The molecule has 0 spiro atoms. The van der Waals surface area contributed by atoms with Gasteiger partial charge in [-0.25, -0.2) is 4.39 Å². The number of carbonyl (C=O) groups excluding carboxylic acids is 2. The Labute approximate surface area is 142 Å². The van der Waals surface area contributed by atoms with Crippen molar-refractivity contribution in [3.05, 3.63) is 35.6 Å². The minimum absolute atomic E-state index is 0.154. The van der Waals surface area contributed by atoms with Crippen molar-refractivity contribution in [2.24, 2.45) is 5.41 Å². The molecule has 5 nitrogen and oxygen atoms in total. The fraction of sp³-hybridized carbons (Fsp3) is 0.556. The predicted octanol–water partition coefficient (Wildman–Crippen LogP) is 1.28. The molecule has 0 aromatic heterocycles. The number of carbonyl (C=O) groups is 2. The van der Waals surface area contributed by atoms with E-state index in [-0.39, 0.29) is 17.6 Å². The molecule has 1 aromatic carbocycles. The van der Waals surface area contributed by atoms with Crippen LogP contribution in [0.5, 0.6) is 0 Å². The topological polar surface area (TPSA) is 52.7 Å². The van der Waals surface area contributed by atoms with Crippen LogP contribution in [0.1, 0.15) is 19.4 Å². The summed E-state index contributed by atoms with van der Waals surface area (Å²) in [5, 5.41) is 2.76. The lowest BCUT2D eigenvalue weighted by Crippen LogP contribution is -2.55. The van der Waals surface area contributed by atoms with E-state index in [1.165, 1.54) is 6.07 Å². The second-order valence-corrected chi connectivity index (χ2v) is 6.82. The number of nitrogens with zero attached hydrogens (tertiary/aromatic N) is 2. The average molecular weight is 335 g/mol. The summed E-state index contributed by atoms with van der Waals surface area (Å²) in [5.74, 6) is -0.749. The quantitative estimate of drug-likeness (QED) is 0.825. The molecule has 24 heavy (non-hydrogen) atoms. The molecule has 1 aliphatic rings. The van der Waals surface area contributed by atoms with Gasteiger partial charge in [-0.05, 0) is 38.9 Å². The molecule has 1 N–H and O–H groups in total. The van der Waals surface area contributed by atoms with Crippen LogP contribution in [0.25, 0.3) is 0 Å². The molecule has 0 radical (unpaired) electrons. The Hall–Kier alpha value is -1.95. The molecule has 2 amide bonds. The minimum atomic E-state index is -1.12. The summed E-state index contributed by atoms with van der Waals surface area (Å²) < 4.78 is 13.6. The smallest absolute Gasteiger partial charge is 0.237 e. The monoisotopic (exact) mass is 335 g/mol. The number of benzene rings is 1. The third kappa shape index (κ3) is 4.32. The van der Waals surface area contributed by atoms with Gasteiger partial charge in [0.15, 0.2) is 0 Å². The summed E-state index contributed by atoms with van der Waals surface area (Å²) >= 11 is 0. The highest BCUT2D eigenvalue weighted by molar-refractivity contribution is 6.04. The molecule has 1 fully saturated rings. The Balaban J connectivity index is 1.88. The van der Waals surface area contributed by atoms with E-state index in [0.717, 1.165) is 13.1 Å². The number of likely N-dealkylation sites (N-methyl/N-ethyl adjacent to an activating group) is 1. The number of nitrogens with one attached hydrogen (secondary N) is 1. The predicted molar refractivity (Wildman–Crippen MR) is 91.0 cm³/mol. The van der Waals surface area contributed by atoms with Gasteiger partial charge in [-0.3, -0.25) is 9.59 Å². The van der Waals surface area contributed by atoms with Crippen molar-refractivity contribution in [1.29, 1.82) is 0 Å². The maximum atomic E-state index is 13.6. The Morgan fingerprint density at radius 1 is 1.17 bits per heavy atom. The highest BCUT2D eigenvalue weighted by atomic mass is 19.1. The molecule has 0 unspecified atom stereocenters. The maximum absolute atomic E-state index is 13.6. The highest BCUT2D eigenvalue weighted by Crippen LogP contribution is 2.20. The second-order valence-electron chi connectivity index (χ2n) is 6.82. The molecule has 132 valence electrons. The second kappa shape index (κ2) is 7.75. The van der Waals surface area contributed by atoms with Gasteiger partial charge in [-0.1, -0.05) is 18.2 Å². The van der Waals surface area contributed by atoms with Gasteiger partial charge in [-0.2, -0.15) is 0 Å². The number of halogens is 1. The summed E-state index contributed by atoms with van der Waals surface area (Å²) in [7, 11) is 2.02. The minimum Gasteiger partial charge on any atom is -0.355 e. The molecule has 1 aliphatic heterocycles. The van der Waals surface area contributed by atoms with E-state index >= 15 is 0 Å². The molecule has 0 aliphatic carbocycles. The lowest BCUT2D eigenvalue weighted by atomic mass is 9.90. The van der Waals surface area contributed by atoms with Crippen molar-refractivity contribution in [2.75, 3.05) is 39.8 Å². The molecule has 6 heteroatoms. The van der Waals surface area contributed by atoms with Gasteiger partial charge in [0.05, 0.1) is 0 Å². The van der Waals surface area contributed by atoms with Crippen LogP contribution in [0.15, 0.2) is 24.3 Å². The zero-order valence-corrected chi connectivity index (χ0v) is 14.6. The number of hydrogen-bond donors (Lipinski definition) is 1. The van der Waals surface area contributed by atoms with E-state index in [1.54, 1.807) is 36.9 Å². The van der Waals surface area contributed by atoms with E-state index in [4.69, 9.17) is 0 Å². The number of hydrogen-bond acceptors (Lipinski definition) is 3. The van der Waals surface area contributed by atoms with Crippen LogP contribution in [-0.2, 0) is 16.0 Å². The zero-order valence-electron chi connectivity index (χ0n) is 14.6. The maximum Gasteiger partial charge on any atom is 0.237 e. The molecular formula is C18H26FN3O2. The third-order valence-electron chi connectivity index (χ3n) is 4.53. The van der Waals surface area contributed by atoms with Gasteiger partial charge < -0.3 is 15.1 Å². The lowest BCUT2D eigenvalue weighted by molar-refractivity contribution is -0.149. The lowest BCUT2D eigenvalue weighted by Gasteiger charge is -2.36. The van der Waals surface area contributed by atoms with Gasteiger partial charge in [-0.15, -0.1) is 0 Å². The van der Waals surface area contributed by atoms with Crippen LogP contribution in [0.4, 0.5) is 4.39 Å². The third-order valence-corrected chi connectivity index (χ3v) is 4.53. The van der Waals surface area contributed by atoms with E-state index in [1.807, 2.05) is 7.05 Å². The standard InChI is InChI=1S/C18H26FN3O2/c1-18(2,17(24)22-12-10-21(3)11-13-22)16(23)20-9-8-14-6-4-5-7-15(14)19/h4-7H,8-13H2,1-3H3,(H,20,23). The van der Waals surface area contributed by atoms with Crippen molar-refractivity contribution in [1.82, 2.24) is 15.1 Å².